The molecule has 0 bridgehead atoms. The number of hydrogen-bond donors (Lipinski definition) is 0. The number of nitrogens with zero attached hydrogens (tertiary/aromatic N) is 2. The van der Waals surface area contributed by atoms with Crippen molar-refractivity contribution < 1.29 is 14.3 Å². The van der Waals surface area contributed by atoms with Crippen molar-refractivity contribution in [2.45, 2.75) is 52.3 Å². The van der Waals surface area contributed by atoms with Gasteiger partial charge in [0.05, 0.1) is 11.2 Å². The van der Waals surface area contributed by atoms with Crippen molar-refractivity contribution in [2.24, 2.45) is 5.92 Å². The minimum Gasteiger partial charge on any atom is -0.443 e. The molecule has 0 N–H and O–H groups in total. The van der Waals surface area contributed by atoms with Gasteiger partial charge in [-0.25, -0.2) is 9.69 Å². The van der Waals surface area contributed by atoms with Gasteiger partial charge in [-0.05, 0) is 44.9 Å². The number of imide groups is 1. The van der Waals surface area contributed by atoms with Crippen molar-refractivity contribution in [3.05, 3.63) is 97.2 Å². The van der Waals surface area contributed by atoms with E-state index in [1.54, 1.807) is 33.0 Å². The average Bonchev–Trinajstić information content (AvgIpc) is 2.89. The Morgan fingerprint density at radius 2 is 1.45 bits per heavy atom. The highest BCUT2D eigenvalue weighted by molar-refractivity contribution is 7.01. The summed E-state index contributed by atoms with van der Waals surface area (Å²) in [6, 6.07) is 31.3. The van der Waals surface area contributed by atoms with Crippen molar-refractivity contribution in [2.75, 3.05) is 4.90 Å². The summed E-state index contributed by atoms with van der Waals surface area (Å²) in [5.41, 5.74) is 0.293. The van der Waals surface area contributed by atoms with Gasteiger partial charge in [-0.2, -0.15) is 0 Å². The third kappa shape index (κ3) is 6.19. The number of benzene rings is 3. The molecule has 0 saturated carbocycles. The lowest BCUT2D eigenvalue weighted by molar-refractivity contribution is -0.119. The quantitative estimate of drug-likeness (QED) is 0.262. The van der Waals surface area contributed by atoms with Gasteiger partial charge in [-0.15, -0.1) is 0 Å². The summed E-state index contributed by atoms with van der Waals surface area (Å²) in [4.78, 5) is 33.0. The van der Waals surface area contributed by atoms with Crippen molar-refractivity contribution >= 4 is 47.0 Å². The van der Waals surface area contributed by atoms with Crippen LogP contribution in [-0.4, -0.2) is 30.7 Å². The Morgan fingerprint density at radius 3 is 2.03 bits per heavy atom. The number of carbonyl (C=O) groups is 2. The first-order valence-electron chi connectivity index (χ1n) is 13.1. The highest BCUT2D eigenvalue weighted by Crippen LogP contribution is 2.29. The maximum absolute atomic E-state index is 13.9. The monoisotopic (exact) mass is 524 g/mol. The van der Waals surface area contributed by atoms with Crippen molar-refractivity contribution in [1.82, 2.24) is 4.98 Å². The van der Waals surface area contributed by atoms with Crippen molar-refractivity contribution in [1.29, 1.82) is 0 Å². The fourth-order valence-electron chi connectivity index (χ4n) is 5.08. The van der Waals surface area contributed by atoms with E-state index in [1.165, 1.54) is 15.3 Å². The molecular weight excluding hydrogens is 488 g/mol. The van der Waals surface area contributed by atoms with Gasteiger partial charge >= 0.3 is 6.09 Å². The summed E-state index contributed by atoms with van der Waals surface area (Å²) in [6.45, 7) is 9.86. The van der Waals surface area contributed by atoms with Crippen LogP contribution in [0.25, 0.3) is 10.9 Å². The number of hydrogen-bond acceptors (Lipinski definition) is 4. The third-order valence-corrected chi connectivity index (χ3v) is 11.5. The molecule has 1 heterocycles. The second-order valence-electron chi connectivity index (χ2n) is 11.1. The van der Waals surface area contributed by atoms with Gasteiger partial charge in [0.2, 0.25) is 5.91 Å². The molecule has 0 spiro atoms. The summed E-state index contributed by atoms with van der Waals surface area (Å²) in [7, 11) is -2.15. The second-order valence-corrected chi connectivity index (χ2v) is 15.4. The van der Waals surface area contributed by atoms with Gasteiger partial charge in [0.1, 0.15) is 13.7 Å². The van der Waals surface area contributed by atoms with Crippen LogP contribution in [-0.2, 0) is 9.53 Å². The highest BCUT2D eigenvalue weighted by Gasteiger charge is 2.36. The van der Waals surface area contributed by atoms with E-state index >= 15 is 0 Å². The first kappa shape index (κ1) is 27.3. The lowest BCUT2D eigenvalue weighted by Crippen LogP contribution is -2.56. The van der Waals surface area contributed by atoms with E-state index in [4.69, 9.17) is 4.74 Å². The maximum Gasteiger partial charge on any atom is 0.421 e. The molecule has 4 rings (SSSR count). The number of rotatable bonds is 7. The molecule has 3 aromatic carbocycles. The zero-order valence-corrected chi connectivity index (χ0v) is 23.8. The summed E-state index contributed by atoms with van der Waals surface area (Å²) in [6.07, 6.45) is 1.20. The molecule has 0 aliphatic heterocycles. The number of aromatic nitrogens is 1. The van der Waals surface area contributed by atoms with Crippen LogP contribution in [0.15, 0.2) is 97.2 Å². The van der Waals surface area contributed by atoms with Crippen LogP contribution in [0.5, 0.6) is 0 Å². The summed E-state index contributed by atoms with van der Waals surface area (Å²) < 4.78 is 5.69. The van der Waals surface area contributed by atoms with E-state index in [9.17, 15) is 9.59 Å². The molecule has 0 aliphatic carbocycles. The number of ether oxygens (including phenoxy) is 1. The molecule has 0 fully saturated rings. The molecule has 4 aromatic rings. The first-order valence-corrected chi connectivity index (χ1v) is 15.8. The fourth-order valence-corrected chi connectivity index (χ4v) is 9.28. The number of para-hydroxylation sites is 1. The fraction of sp³-hybridized carbons (Fsp3) is 0.281. The van der Waals surface area contributed by atoms with E-state index in [1.807, 2.05) is 36.4 Å². The van der Waals surface area contributed by atoms with E-state index in [-0.39, 0.29) is 18.2 Å². The van der Waals surface area contributed by atoms with Gasteiger partial charge in [-0.3, -0.25) is 9.78 Å². The first-order chi connectivity index (χ1) is 18.1. The molecule has 1 atom stereocenters. The largest absolute Gasteiger partial charge is 0.443 e. The van der Waals surface area contributed by atoms with Crippen LogP contribution in [0.4, 0.5) is 10.5 Å². The van der Waals surface area contributed by atoms with E-state index in [0.717, 1.165) is 11.4 Å². The average molecular weight is 525 g/mol. The Morgan fingerprint density at radius 1 is 0.868 bits per heavy atom. The molecule has 6 heteroatoms. The van der Waals surface area contributed by atoms with Crippen LogP contribution >= 0.6 is 0 Å². The minimum atomic E-state index is -2.15. The number of pyridine rings is 1. The number of anilines is 1. The summed E-state index contributed by atoms with van der Waals surface area (Å²) >= 11 is 0. The molecule has 0 radical (unpaired) electrons. The molecule has 196 valence electrons. The molecule has 2 amide bonds. The number of carbonyl (C=O) groups excluding carboxylic acids is 2. The van der Waals surface area contributed by atoms with Gasteiger partial charge in [0, 0.05) is 18.0 Å². The van der Waals surface area contributed by atoms with Crippen molar-refractivity contribution in [3.63, 3.8) is 0 Å². The summed E-state index contributed by atoms with van der Waals surface area (Å²) in [5, 5.41) is 3.51. The predicted octanol–water partition coefficient (Wildman–Crippen LogP) is 6.42. The smallest absolute Gasteiger partial charge is 0.421 e. The zero-order valence-electron chi connectivity index (χ0n) is 22.8. The Kier molecular flexibility index (Phi) is 8.12. The molecule has 0 saturated heterocycles. The van der Waals surface area contributed by atoms with Crippen LogP contribution < -0.4 is 15.3 Å². The molecule has 38 heavy (non-hydrogen) atoms. The normalized spacial score (nSPS) is 12.7. The van der Waals surface area contributed by atoms with Gasteiger partial charge in [0.25, 0.3) is 0 Å². The second kappa shape index (κ2) is 11.3. The molecule has 1 aromatic heterocycles. The number of amides is 2. The van der Waals surface area contributed by atoms with E-state index in [2.05, 4.69) is 67.0 Å². The Balaban J connectivity index is 1.66. The number of fused-ring (bicyclic) bond motifs is 1. The van der Waals surface area contributed by atoms with Crippen LogP contribution in [0, 0.1) is 5.92 Å². The van der Waals surface area contributed by atoms with E-state index < -0.39 is 19.8 Å². The molecule has 1 unspecified atom stereocenters. The predicted molar refractivity (Wildman–Crippen MR) is 158 cm³/mol. The Hall–Kier alpha value is -3.77. The third-order valence-electron chi connectivity index (χ3n) is 6.78. The van der Waals surface area contributed by atoms with Crippen LogP contribution in [0.2, 0.25) is 12.6 Å². The molecular formula is C32H36N2O3Si. The maximum atomic E-state index is 13.9. The lowest BCUT2D eigenvalue weighted by Gasteiger charge is -2.32. The molecule has 5 nitrogen and oxygen atoms in total. The topological polar surface area (TPSA) is 59.5 Å². The minimum absolute atomic E-state index is 0.0347. The molecule has 0 aliphatic rings. The van der Waals surface area contributed by atoms with E-state index in [0.29, 0.717) is 11.2 Å². The van der Waals surface area contributed by atoms with Gasteiger partial charge in [-0.1, -0.05) is 103 Å². The van der Waals surface area contributed by atoms with Gasteiger partial charge in [0.15, 0.2) is 0 Å². The zero-order chi connectivity index (χ0) is 27.3. The Labute approximate surface area is 226 Å². The standard InChI is InChI=1S/C32H36N2O3Si/c1-24(23-38(5,26-16-8-6-9-17-26)27-18-10-7-11-19-27)22-29(35)34(31(36)37-32(2,3)4)28-20-12-14-25-15-13-21-33-30(25)28/h6-21,24H,22-23H2,1-5H3. The van der Waals surface area contributed by atoms with Gasteiger partial charge < -0.3 is 4.74 Å². The van der Waals surface area contributed by atoms with Crippen LogP contribution in [0.1, 0.15) is 34.1 Å². The lowest BCUT2D eigenvalue weighted by atomic mass is 10.1. The SMILES string of the molecule is CC(CC(=O)N(C(=O)OC(C)(C)C)c1cccc2cccnc12)C[Si](C)(c1ccccc1)c1ccccc1. The highest BCUT2D eigenvalue weighted by atomic mass is 28.3. The Bertz CT molecular complexity index is 1360. The van der Waals surface area contributed by atoms with Crippen molar-refractivity contribution in [3.8, 4) is 0 Å². The van der Waals surface area contributed by atoms with Crippen LogP contribution in [0.3, 0.4) is 0 Å². The summed E-state index contributed by atoms with van der Waals surface area (Å²) in [5.74, 6) is -0.255.